The van der Waals surface area contributed by atoms with Gasteiger partial charge in [-0.05, 0) is 62.6 Å². The quantitative estimate of drug-likeness (QED) is 0.660. The molecule has 0 saturated carbocycles. The number of carbonyl (C=O) groups is 2. The van der Waals surface area contributed by atoms with Crippen LogP contribution in [0.15, 0.2) is 48.5 Å². The first kappa shape index (κ1) is 22.8. The third-order valence-corrected chi connectivity index (χ3v) is 4.69. The van der Waals surface area contributed by atoms with Gasteiger partial charge in [-0.3, -0.25) is 9.59 Å². The van der Waals surface area contributed by atoms with Gasteiger partial charge in [0.25, 0.3) is 5.91 Å². The molecule has 5 nitrogen and oxygen atoms in total. The number of nitrogens with zero attached hydrogens (tertiary/aromatic N) is 1. The number of carbonyl (C=O) groups excluding carboxylic acids is 2. The summed E-state index contributed by atoms with van der Waals surface area (Å²) in [5, 5.41) is 3.53. The van der Waals surface area contributed by atoms with E-state index in [4.69, 9.17) is 16.3 Å². The highest BCUT2D eigenvalue weighted by Gasteiger charge is 2.29. The third kappa shape index (κ3) is 7.09. The van der Waals surface area contributed by atoms with Crippen LogP contribution in [-0.4, -0.2) is 35.4 Å². The maximum Gasteiger partial charge on any atom is 0.261 e. The Morgan fingerprint density at radius 3 is 2.41 bits per heavy atom. The van der Waals surface area contributed by atoms with Crippen molar-refractivity contribution in [1.82, 2.24) is 10.2 Å². The maximum absolute atomic E-state index is 13.1. The number of aryl methyl sites for hydroxylation is 1. The molecule has 0 heterocycles. The van der Waals surface area contributed by atoms with Crippen molar-refractivity contribution in [2.45, 2.75) is 52.7 Å². The second-order valence-electron chi connectivity index (χ2n) is 7.34. The van der Waals surface area contributed by atoms with Gasteiger partial charge < -0.3 is 15.0 Å². The molecule has 156 valence electrons. The molecule has 0 aliphatic heterocycles. The molecule has 0 bridgehead atoms. The van der Waals surface area contributed by atoms with Gasteiger partial charge in [-0.25, -0.2) is 0 Å². The van der Waals surface area contributed by atoms with Gasteiger partial charge in [-0.15, -0.1) is 0 Å². The van der Waals surface area contributed by atoms with E-state index in [1.165, 1.54) is 0 Å². The first-order chi connectivity index (χ1) is 13.8. The van der Waals surface area contributed by atoms with Crippen molar-refractivity contribution in [1.29, 1.82) is 0 Å². The molecule has 0 fully saturated rings. The Bertz CT molecular complexity index is 821. The summed E-state index contributed by atoms with van der Waals surface area (Å²) < 4.78 is 5.70. The predicted octanol–water partition coefficient (Wildman–Crippen LogP) is 4.36. The molecule has 0 radical (unpaired) electrons. The molecule has 0 saturated heterocycles. The zero-order chi connectivity index (χ0) is 21.4. The Kier molecular flexibility index (Phi) is 8.52. The van der Waals surface area contributed by atoms with Crippen LogP contribution in [0.3, 0.4) is 0 Å². The fourth-order valence-corrected chi connectivity index (χ4v) is 3.15. The first-order valence-corrected chi connectivity index (χ1v) is 10.2. The number of rotatable bonds is 9. The van der Waals surface area contributed by atoms with Crippen molar-refractivity contribution in [3.05, 3.63) is 64.7 Å². The van der Waals surface area contributed by atoms with Crippen molar-refractivity contribution in [2.75, 3.05) is 6.61 Å². The topological polar surface area (TPSA) is 58.6 Å². The summed E-state index contributed by atoms with van der Waals surface area (Å²) in [4.78, 5) is 27.4. The zero-order valence-corrected chi connectivity index (χ0v) is 18.2. The van der Waals surface area contributed by atoms with E-state index >= 15 is 0 Å². The van der Waals surface area contributed by atoms with Crippen LogP contribution in [0.2, 0.25) is 5.02 Å². The normalized spacial score (nSPS) is 11.8. The van der Waals surface area contributed by atoms with E-state index in [-0.39, 0.29) is 24.5 Å². The van der Waals surface area contributed by atoms with Gasteiger partial charge >= 0.3 is 0 Å². The molecule has 1 atom stereocenters. The minimum atomic E-state index is -0.582. The molecule has 0 spiro atoms. The van der Waals surface area contributed by atoms with E-state index < -0.39 is 6.04 Å². The van der Waals surface area contributed by atoms with Gasteiger partial charge in [0.05, 0.1) is 0 Å². The lowest BCUT2D eigenvalue weighted by Gasteiger charge is -2.31. The van der Waals surface area contributed by atoms with Crippen LogP contribution in [0.5, 0.6) is 5.75 Å². The fourth-order valence-electron chi connectivity index (χ4n) is 3.02. The number of halogens is 1. The van der Waals surface area contributed by atoms with Gasteiger partial charge in [0.2, 0.25) is 5.91 Å². The Hall–Kier alpha value is -2.53. The number of amides is 2. The van der Waals surface area contributed by atoms with E-state index in [1.807, 2.05) is 64.1 Å². The van der Waals surface area contributed by atoms with Crippen LogP contribution in [-0.2, 0) is 16.1 Å². The van der Waals surface area contributed by atoms with Crippen molar-refractivity contribution in [2.24, 2.45) is 0 Å². The lowest BCUT2D eigenvalue weighted by atomic mass is 10.1. The van der Waals surface area contributed by atoms with E-state index in [9.17, 15) is 9.59 Å². The van der Waals surface area contributed by atoms with Crippen molar-refractivity contribution < 1.29 is 14.3 Å². The molecule has 0 aliphatic rings. The average Bonchev–Trinajstić information content (AvgIpc) is 2.67. The van der Waals surface area contributed by atoms with Crippen molar-refractivity contribution in [3.63, 3.8) is 0 Å². The van der Waals surface area contributed by atoms with E-state index in [0.29, 0.717) is 23.7 Å². The fraction of sp³-hybridized carbons (Fsp3) is 0.391. The molecule has 0 unspecified atom stereocenters. The van der Waals surface area contributed by atoms with E-state index in [1.54, 1.807) is 17.0 Å². The summed E-state index contributed by atoms with van der Waals surface area (Å²) >= 11 is 5.97. The van der Waals surface area contributed by atoms with Gasteiger partial charge in [0.15, 0.2) is 6.61 Å². The molecule has 1 N–H and O–H groups in total. The molecule has 2 aromatic rings. The molecule has 0 aromatic heterocycles. The highest BCUT2D eigenvalue weighted by Crippen LogP contribution is 2.17. The Morgan fingerprint density at radius 2 is 1.83 bits per heavy atom. The summed E-state index contributed by atoms with van der Waals surface area (Å²) in [6.45, 7) is 7.83. The number of hydrogen-bond acceptors (Lipinski definition) is 3. The van der Waals surface area contributed by atoms with E-state index in [0.717, 1.165) is 11.1 Å². The highest BCUT2D eigenvalue weighted by molar-refractivity contribution is 6.30. The lowest BCUT2D eigenvalue weighted by Crippen LogP contribution is -2.51. The molecule has 2 aromatic carbocycles. The molecule has 2 rings (SSSR count). The summed E-state index contributed by atoms with van der Waals surface area (Å²) in [5.41, 5.74) is 1.95. The monoisotopic (exact) mass is 416 g/mol. The first-order valence-electron chi connectivity index (χ1n) is 9.84. The SMILES string of the molecule is CC[C@@H](C(=O)NC(C)C)N(Cc1ccc(Cl)cc1)C(=O)COc1cccc(C)c1. The second-order valence-corrected chi connectivity index (χ2v) is 7.78. The van der Waals surface area contributed by atoms with Crippen LogP contribution in [0.4, 0.5) is 0 Å². The Balaban J connectivity index is 2.20. The van der Waals surface area contributed by atoms with Gasteiger partial charge in [-0.1, -0.05) is 42.8 Å². The van der Waals surface area contributed by atoms with Crippen molar-refractivity contribution >= 4 is 23.4 Å². The Labute approximate surface area is 178 Å². The maximum atomic E-state index is 13.1. The summed E-state index contributed by atoms with van der Waals surface area (Å²) in [5.74, 6) is 0.219. The van der Waals surface area contributed by atoms with Gasteiger partial charge in [0.1, 0.15) is 11.8 Å². The molecule has 6 heteroatoms. The standard InChI is InChI=1S/C23H29ClN2O3/c1-5-21(23(28)25-16(2)3)26(14-18-9-11-19(24)12-10-18)22(27)15-29-20-8-6-7-17(4)13-20/h6-13,16,21H,5,14-15H2,1-4H3,(H,25,28)/t21-/m0/s1. The Morgan fingerprint density at radius 1 is 1.14 bits per heavy atom. The molecule has 0 aliphatic carbocycles. The lowest BCUT2D eigenvalue weighted by molar-refractivity contribution is -0.143. The molecular formula is C23H29ClN2O3. The van der Waals surface area contributed by atoms with E-state index in [2.05, 4.69) is 5.32 Å². The minimum Gasteiger partial charge on any atom is -0.484 e. The van der Waals surface area contributed by atoms with Crippen LogP contribution in [0.1, 0.15) is 38.3 Å². The number of nitrogens with one attached hydrogen (secondary N) is 1. The number of hydrogen-bond donors (Lipinski definition) is 1. The van der Waals surface area contributed by atoms with Gasteiger partial charge in [-0.2, -0.15) is 0 Å². The molecular weight excluding hydrogens is 388 g/mol. The molecule has 2 amide bonds. The largest absolute Gasteiger partial charge is 0.484 e. The highest BCUT2D eigenvalue weighted by atomic mass is 35.5. The van der Waals surface area contributed by atoms with Gasteiger partial charge in [0, 0.05) is 17.6 Å². The number of benzene rings is 2. The molecule has 29 heavy (non-hydrogen) atoms. The van der Waals surface area contributed by atoms with Crippen molar-refractivity contribution in [3.8, 4) is 5.75 Å². The van der Waals surface area contributed by atoms with Crippen LogP contribution >= 0.6 is 11.6 Å². The average molecular weight is 417 g/mol. The predicted molar refractivity (Wildman–Crippen MR) is 116 cm³/mol. The smallest absolute Gasteiger partial charge is 0.261 e. The zero-order valence-electron chi connectivity index (χ0n) is 17.4. The number of ether oxygens (including phenoxy) is 1. The van der Waals surface area contributed by atoms with Crippen LogP contribution < -0.4 is 10.1 Å². The second kappa shape index (κ2) is 10.9. The summed E-state index contributed by atoms with van der Waals surface area (Å²) in [6, 6.07) is 14.2. The van der Waals surface area contributed by atoms with Crippen LogP contribution in [0, 0.1) is 6.92 Å². The van der Waals surface area contributed by atoms with Crippen LogP contribution in [0.25, 0.3) is 0 Å². The summed E-state index contributed by atoms with van der Waals surface area (Å²) in [6.07, 6.45) is 0.502. The summed E-state index contributed by atoms with van der Waals surface area (Å²) in [7, 11) is 0. The third-order valence-electron chi connectivity index (χ3n) is 4.43. The minimum absolute atomic E-state index is 0.00687.